The van der Waals surface area contributed by atoms with E-state index in [0.29, 0.717) is 5.41 Å². The van der Waals surface area contributed by atoms with Crippen molar-refractivity contribution in [3.05, 3.63) is 0 Å². The van der Waals surface area contributed by atoms with E-state index < -0.39 is 0 Å². The van der Waals surface area contributed by atoms with Crippen molar-refractivity contribution >= 4 is 0 Å². The van der Waals surface area contributed by atoms with Gasteiger partial charge in [0.1, 0.15) is 0 Å². The molecule has 0 aromatic rings. The van der Waals surface area contributed by atoms with Gasteiger partial charge in [0.15, 0.2) is 0 Å². The van der Waals surface area contributed by atoms with Gasteiger partial charge >= 0.3 is 0 Å². The molecular weight excluding hydrogens is 124 g/mol. The molecule has 2 atom stereocenters. The molecular formula is C9H18O. The van der Waals surface area contributed by atoms with E-state index in [1.807, 2.05) is 0 Å². The van der Waals surface area contributed by atoms with Crippen LogP contribution in [-0.4, -0.2) is 11.2 Å². The summed E-state index contributed by atoms with van der Waals surface area (Å²) in [6, 6.07) is 0. The normalized spacial score (nSPS) is 40.5. The van der Waals surface area contributed by atoms with Gasteiger partial charge in [0.05, 0.1) is 6.10 Å². The van der Waals surface area contributed by atoms with Crippen LogP contribution in [0.3, 0.4) is 0 Å². The van der Waals surface area contributed by atoms with E-state index >= 15 is 0 Å². The van der Waals surface area contributed by atoms with Crippen LogP contribution < -0.4 is 0 Å². The number of rotatable bonds is 2. The first-order valence-corrected chi connectivity index (χ1v) is 4.34. The molecule has 1 nitrogen and oxygen atoms in total. The molecule has 0 aliphatic heterocycles. The van der Waals surface area contributed by atoms with E-state index in [4.69, 9.17) is 0 Å². The van der Waals surface area contributed by atoms with Crippen molar-refractivity contribution in [3.8, 4) is 0 Å². The Morgan fingerprint density at radius 1 is 1.60 bits per heavy atom. The van der Waals surface area contributed by atoms with Crippen LogP contribution in [0.15, 0.2) is 0 Å². The van der Waals surface area contributed by atoms with Gasteiger partial charge in [-0.1, -0.05) is 20.3 Å². The summed E-state index contributed by atoms with van der Waals surface area (Å²) >= 11 is 0. The van der Waals surface area contributed by atoms with Crippen molar-refractivity contribution in [1.29, 1.82) is 0 Å². The fraction of sp³-hybridized carbons (Fsp3) is 1.00. The Morgan fingerprint density at radius 2 is 2.30 bits per heavy atom. The lowest BCUT2D eigenvalue weighted by atomic mass is 9.84. The average molecular weight is 142 g/mol. The Morgan fingerprint density at radius 3 is 2.70 bits per heavy atom. The third kappa shape index (κ3) is 1.72. The van der Waals surface area contributed by atoms with Crippen molar-refractivity contribution < 1.29 is 5.11 Å². The summed E-state index contributed by atoms with van der Waals surface area (Å²) in [5, 5.41) is 9.29. The average Bonchev–Trinajstić information content (AvgIpc) is 2.12. The highest BCUT2D eigenvalue weighted by molar-refractivity contribution is 4.84. The van der Waals surface area contributed by atoms with Crippen LogP contribution in [0.2, 0.25) is 0 Å². The molecule has 0 aromatic carbocycles. The van der Waals surface area contributed by atoms with Gasteiger partial charge in [-0.25, -0.2) is 0 Å². The smallest absolute Gasteiger partial charge is 0.0545 e. The van der Waals surface area contributed by atoms with E-state index in [9.17, 15) is 5.11 Å². The molecule has 1 rings (SSSR count). The third-order valence-electron chi connectivity index (χ3n) is 2.66. The summed E-state index contributed by atoms with van der Waals surface area (Å²) in [6.07, 6.45) is 5.81. The molecule has 0 saturated heterocycles. The molecule has 0 bridgehead atoms. The first kappa shape index (κ1) is 8.06. The predicted octanol–water partition coefficient (Wildman–Crippen LogP) is 2.34. The zero-order chi connectivity index (χ0) is 7.61. The maximum atomic E-state index is 9.29. The summed E-state index contributed by atoms with van der Waals surface area (Å²) in [7, 11) is 0. The highest BCUT2D eigenvalue weighted by Gasteiger charge is 2.32. The summed E-state index contributed by atoms with van der Waals surface area (Å²) in [5.74, 6) is 0. The second-order valence-electron chi connectivity index (χ2n) is 3.96. The van der Waals surface area contributed by atoms with Crippen LogP contribution >= 0.6 is 0 Å². The Hall–Kier alpha value is -0.0400. The molecule has 2 unspecified atom stereocenters. The summed E-state index contributed by atoms with van der Waals surface area (Å²) < 4.78 is 0. The molecule has 1 aliphatic carbocycles. The van der Waals surface area contributed by atoms with Crippen molar-refractivity contribution in [2.75, 3.05) is 0 Å². The molecule has 60 valence electrons. The van der Waals surface area contributed by atoms with Gasteiger partial charge in [0, 0.05) is 0 Å². The third-order valence-corrected chi connectivity index (χ3v) is 2.66. The van der Waals surface area contributed by atoms with Gasteiger partial charge < -0.3 is 5.11 Å². The van der Waals surface area contributed by atoms with Crippen LogP contribution in [0, 0.1) is 5.41 Å². The Balaban J connectivity index is 2.38. The molecule has 10 heavy (non-hydrogen) atoms. The molecule has 0 aromatic heterocycles. The minimum atomic E-state index is -0.00319. The number of hydrogen-bond acceptors (Lipinski definition) is 1. The van der Waals surface area contributed by atoms with Gasteiger partial charge in [0.2, 0.25) is 0 Å². The molecule has 0 amide bonds. The van der Waals surface area contributed by atoms with Gasteiger partial charge in [-0.15, -0.1) is 0 Å². The van der Waals surface area contributed by atoms with Crippen LogP contribution in [-0.2, 0) is 0 Å². The second-order valence-corrected chi connectivity index (χ2v) is 3.96. The lowest BCUT2D eigenvalue weighted by Gasteiger charge is -2.22. The monoisotopic (exact) mass is 142 g/mol. The molecule has 1 saturated carbocycles. The van der Waals surface area contributed by atoms with Crippen molar-refractivity contribution in [3.63, 3.8) is 0 Å². The molecule has 0 spiro atoms. The molecule has 1 heteroatoms. The second kappa shape index (κ2) is 2.91. The SMILES string of the molecule is CCCC1(C)CCC(O)C1. The van der Waals surface area contributed by atoms with E-state index in [1.54, 1.807) is 0 Å². The Bertz CT molecular complexity index is 107. The van der Waals surface area contributed by atoms with E-state index in [2.05, 4.69) is 13.8 Å². The number of hydrogen-bond donors (Lipinski definition) is 1. The molecule has 1 fully saturated rings. The van der Waals surface area contributed by atoms with Crippen LogP contribution in [0.1, 0.15) is 46.0 Å². The predicted molar refractivity (Wildman–Crippen MR) is 42.9 cm³/mol. The van der Waals surface area contributed by atoms with Crippen molar-refractivity contribution in [2.45, 2.75) is 52.1 Å². The first-order chi connectivity index (χ1) is 4.66. The van der Waals surface area contributed by atoms with Crippen LogP contribution in [0.4, 0.5) is 0 Å². The van der Waals surface area contributed by atoms with Gasteiger partial charge in [0.25, 0.3) is 0 Å². The van der Waals surface area contributed by atoms with E-state index in [1.165, 1.54) is 19.3 Å². The van der Waals surface area contributed by atoms with E-state index in [0.717, 1.165) is 12.8 Å². The van der Waals surface area contributed by atoms with Crippen molar-refractivity contribution in [2.24, 2.45) is 5.41 Å². The summed E-state index contributed by atoms with van der Waals surface area (Å²) in [6.45, 7) is 4.52. The largest absolute Gasteiger partial charge is 0.393 e. The lowest BCUT2D eigenvalue weighted by molar-refractivity contribution is 0.160. The van der Waals surface area contributed by atoms with Gasteiger partial charge in [-0.05, 0) is 31.1 Å². The molecule has 0 radical (unpaired) electrons. The van der Waals surface area contributed by atoms with Gasteiger partial charge in [-0.3, -0.25) is 0 Å². The Labute approximate surface area is 63.4 Å². The standard InChI is InChI=1S/C9H18O/c1-3-5-9(2)6-4-8(10)7-9/h8,10H,3-7H2,1-2H3. The highest BCUT2D eigenvalue weighted by atomic mass is 16.3. The lowest BCUT2D eigenvalue weighted by Crippen LogP contribution is -2.12. The minimum absolute atomic E-state index is 0.00319. The highest BCUT2D eigenvalue weighted by Crippen LogP contribution is 2.41. The maximum Gasteiger partial charge on any atom is 0.0545 e. The zero-order valence-corrected chi connectivity index (χ0v) is 7.06. The minimum Gasteiger partial charge on any atom is -0.393 e. The quantitative estimate of drug-likeness (QED) is 0.627. The van der Waals surface area contributed by atoms with Crippen LogP contribution in [0.5, 0.6) is 0 Å². The van der Waals surface area contributed by atoms with Crippen molar-refractivity contribution in [1.82, 2.24) is 0 Å². The van der Waals surface area contributed by atoms with Gasteiger partial charge in [-0.2, -0.15) is 0 Å². The fourth-order valence-electron chi connectivity index (χ4n) is 2.12. The Kier molecular flexibility index (Phi) is 2.35. The van der Waals surface area contributed by atoms with E-state index in [-0.39, 0.29) is 6.10 Å². The maximum absolute atomic E-state index is 9.29. The first-order valence-electron chi connectivity index (χ1n) is 4.34. The van der Waals surface area contributed by atoms with Crippen LogP contribution in [0.25, 0.3) is 0 Å². The number of aliphatic hydroxyl groups is 1. The summed E-state index contributed by atoms with van der Waals surface area (Å²) in [4.78, 5) is 0. The fourth-order valence-corrected chi connectivity index (χ4v) is 2.12. The summed E-state index contributed by atoms with van der Waals surface area (Å²) in [5.41, 5.74) is 0.466. The zero-order valence-electron chi connectivity index (χ0n) is 7.06. The number of aliphatic hydroxyl groups excluding tert-OH is 1. The molecule has 1 aliphatic rings. The molecule has 1 N–H and O–H groups in total. The molecule has 0 heterocycles. The topological polar surface area (TPSA) is 20.2 Å².